The Labute approximate surface area is 196 Å². The molecule has 1 aliphatic heterocycles. The number of ether oxygens (including phenoxy) is 3. The number of anilines is 2. The first kappa shape index (κ1) is 26.1. The molecule has 1 saturated heterocycles. The molecular weight excluding hydrogens is 481 g/mol. The maximum absolute atomic E-state index is 14.4. The predicted molar refractivity (Wildman–Crippen MR) is 113 cm³/mol. The summed E-state index contributed by atoms with van der Waals surface area (Å²) in [6.07, 6.45) is -5.70. The van der Waals surface area contributed by atoms with Crippen molar-refractivity contribution in [3.63, 3.8) is 0 Å². The van der Waals surface area contributed by atoms with Gasteiger partial charge in [0.2, 0.25) is 5.82 Å². The second kappa shape index (κ2) is 9.29. The maximum atomic E-state index is 14.4. The number of aromatic nitrogens is 1. The van der Waals surface area contributed by atoms with E-state index in [2.05, 4.69) is 15.0 Å². The minimum absolute atomic E-state index is 0.0995. The molecule has 2 aromatic rings. The Bertz CT molecular complexity index is 1160. The van der Waals surface area contributed by atoms with Gasteiger partial charge >= 0.3 is 12.1 Å². The number of nitrogen functional groups attached to an aromatic ring is 1. The summed E-state index contributed by atoms with van der Waals surface area (Å²) in [5.41, 5.74) is 2.32. The lowest BCUT2D eigenvalue weighted by Crippen LogP contribution is -2.47. The number of pyridine rings is 1. The van der Waals surface area contributed by atoms with E-state index in [1.165, 1.54) is 6.92 Å². The minimum Gasteiger partial charge on any atom is -0.493 e. The molecule has 2 heterocycles. The van der Waals surface area contributed by atoms with E-state index in [0.29, 0.717) is 0 Å². The minimum atomic E-state index is -4.92. The summed E-state index contributed by atoms with van der Waals surface area (Å²) in [4.78, 5) is 28.7. The van der Waals surface area contributed by atoms with Crippen molar-refractivity contribution in [3.05, 3.63) is 47.3 Å². The molecule has 3 rings (SSSR count). The van der Waals surface area contributed by atoms with Crippen molar-refractivity contribution >= 4 is 23.3 Å². The Balaban J connectivity index is 2.09. The molecule has 0 saturated carbocycles. The van der Waals surface area contributed by atoms with E-state index < -0.39 is 59.0 Å². The van der Waals surface area contributed by atoms with Gasteiger partial charge in [0.15, 0.2) is 22.9 Å². The van der Waals surface area contributed by atoms with Crippen LogP contribution in [-0.4, -0.2) is 49.0 Å². The molecule has 1 unspecified atom stereocenters. The number of amides is 1. The number of hydrogen-bond acceptors (Lipinski definition) is 7. The zero-order chi connectivity index (χ0) is 26.3. The fourth-order valence-electron chi connectivity index (χ4n) is 4.03. The third-order valence-corrected chi connectivity index (χ3v) is 6.16. The van der Waals surface area contributed by atoms with Crippen molar-refractivity contribution in [2.24, 2.45) is 5.92 Å². The van der Waals surface area contributed by atoms with Crippen molar-refractivity contribution < 1.29 is 45.8 Å². The van der Waals surface area contributed by atoms with Gasteiger partial charge in [0.1, 0.15) is 6.10 Å². The van der Waals surface area contributed by atoms with Crippen molar-refractivity contribution in [3.8, 4) is 5.75 Å². The van der Waals surface area contributed by atoms with Crippen LogP contribution in [0, 0.1) is 17.6 Å². The van der Waals surface area contributed by atoms with Gasteiger partial charge in [-0.2, -0.15) is 17.6 Å². The van der Waals surface area contributed by atoms with Gasteiger partial charge < -0.3 is 25.3 Å². The van der Waals surface area contributed by atoms with Crippen molar-refractivity contribution in [1.29, 1.82) is 0 Å². The Hall–Kier alpha value is -3.48. The van der Waals surface area contributed by atoms with E-state index in [-0.39, 0.29) is 22.6 Å². The first-order valence-corrected chi connectivity index (χ1v) is 10.2. The fourth-order valence-corrected chi connectivity index (χ4v) is 4.03. The van der Waals surface area contributed by atoms with Gasteiger partial charge in [0, 0.05) is 17.4 Å². The summed E-state index contributed by atoms with van der Waals surface area (Å²) in [6, 6.07) is 2.84. The zero-order valence-electron chi connectivity index (χ0n) is 19.0. The second-order valence-corrected chi connectivity index (χ2v) is 8.08. The highest BCUT2D eigenvalue weighted by Crippen LogP contribution is 2.55. The molecule has 0 bridgehead atoms. The lowest BCUT2D eigenvalue weighted by molar-refractivity contribution is -0.272. The summed E-state index contributed by atoms with van der Waals surface area (Å²) in [5.74, 6) is -8.11. The third-order valence-electron chi connectivity index (χ3n) is 6.16. The van der Waals surface area contributed by atoms with Crippen molar-refractivity contribution in [2.75, 3.05) is 25.3 Å². The smallest absolute Gasteiger partial charge is 0.417 e. The lowest BCUT2D eigenvalue weighted by Gasteiger charge is -2.32. The van der Waals surface area contributed by atoms with Gasteiger partial charge in [-0.05, 0) is 19.1 Å². The van der Waals surface area contributed by atoms with Crippen LogP contribution in [0.4, 0.5) is 33.3 Å². The van der Waals surface area contributed by atoms with Gasteiger partial charge in [-0.3, -0.25) is 4.79 Å². The molecule has 3 N–H and O–H groups in total. The SMILES string of the molecule is COC(=O)c1cc(NC(=O)[C@@H]2O[C@@](C)(C(F)(F)F)[C@@H](C)C2c2ccc(F)c(F)c2OC)c(N)cn1. The molecule has 0 radical (unpaired) electrons. The van der Waals surface area contributed by atoms with Gasteiger partial charge in [0.05, 0.1) is 31.8 Å². The van der Waals surface area contributed by atoms with Crippen LogP contribution < -0.4 is 15.8 Å². The molecule has 1 aliphatic rings. The number of rotatable bonds is 5. The van der Waals surface area contributed by atoms with Crippen LogP contribution in [0.5, 0.6) is 5.75 Å². The predicted octanol–water partition coefficient (Wildman–Crippen LogP) is 3.82. The molecule has 0 aliphatic carbocycles. The van der Waals surface area contributed by atoms with E-state index in [0.717, 1.165) is 45.5 Å². The number of nitrogens with zero attached hydrogens (tertiary/aromatic N) is 1. The maximum Gasteiger partial charge on any atom is 0.417 e. The van der Waals surface area contributed by atoms with Crippen LogP contribution in [0.3, 0.4) is 0 Å². The number of alkyl halides is 3. The first-order valence-electron chi connectivity index (χ1n) is 10.2. The average Bonchev–Trinajstić information content (AvgIpc) is 3.08. The van der Waals surface area contributed by atoms with Crippen LogP contribution in [0.15, 0.2) is 24.4 Å². The molecule has 190 valence electrons. The summed E-state index contributed by atoms with van der Waals surface area (Å²) in [6.45, 7) is 1.95. The lowest BCUT2D eigenvalue weighted by atomic mass is 9.77. The quantitative estimate of drug-likeness (QED) is 0.471. The first-order chi connectivity index (χ1) is 16.3. The highest BCUT2D eigenvalue weighted by atomic mass is 19.4. The van der Waals surface area contributed by atoms with E-state index in [9.17, 15) is 31.5 Å². The number of nitrogens with two attached hydrogens (primary N) is 1. The fraction of sp³-hybridized carbons (Fsp3) is 0.409. The number of benzene rings is 1. The molecule has 1 fully saturated rings. The van der Waals surface area contributed by atoms with Crippen LogP contribution in [-0.2, 0) is 14.3 Å². The van der Waals surface area contributed by atoms with Gasteiger partial charge in [-0.25, -0.2) is 14.2 Å². The number of carbonyl (C=O) groups excluding carboxylic acids is 2. The number of nitrogens with one attached hydrogen (secondary N) is 1. The van der Waals surface area contributed by atoms with Crippen LogP contribution in [0.25, 0.3) is 0 Å². The highest BCUT2D eigenvalue weighted by Gasteiger charge is 2.66. The molecule has 8 nitrogen and oxygen atoms in total. The van der Waals surface area contributed by atoms with Gasteiger partial charge in [-0.1, -0.05) is 13.0 Å². The van der Waals surface area contributed by atoms with Crippen LogP contribution >= 0.6 is 0 Å². The Kier molecular flexibility index (Phi) is 6.93. The monoisotopic (exact) mass is 503 g/mol. The Morgan fingerprint density at radius 1 is 1.23 bits per heavy atom. The molecule has 1 amide bonds. The van der Waals surface area contributed by atoms with Gasteiger partial charge in [0.25, 0.3) is 5.91 Å². The summed E-state index contributed by atoms with van der Waals surface area (Å²) in [7, 11) is 2.12. The standard InChI is InChI=1S/C22H22F5N3O5/c1-9-15(10-5-6-11(23)16(24)17(10)33-3)18(35-21(9,2)22(25,26)27)19(31)30-13-7-14(20(32)34-4)29-8-12(13)28/h5-9,15,18H,28H2,1-4H3,(H,29,30,31)/t9-,15?,18+,21+/m0/s1. The van der Waals surface area contributed by atoms with Crippen molar-refractivity contribution in [1.82, 2.24) is 4.98 Å². The normalized spacial score (nSPS) is 24.2. The zero-order valence-corrected chi connectivity index (χ0v) is 19.0. The number of halogens is 5. The van der Waals surface area contributed by atoms with E-state index in [4.69, 9.17) is 15.2 Å². The molecule has 0 spiro atoms. The topological polar surface area (TPSA) is 113 Å². The molecule has 13 heteroatoms. The average molecular weight is 503 g/mol. The third kappa shape index (κ3) is 4.47. The summed E-state index contributed by atoms with van der Waals surface area (Å²) in [5, 5.41) is 2.33. The molecule has 1 aromatic heterocycles. The second-order valence-electron chi connectivity index (χ2n) is 8.08. The van der Waals surface area contributed by atoms with Crippen molar-refractivity contribution in [2.45, 2.75) is 37.6 Å². The molecule has 4 atom stereocenters. The van der Waals surface area contributed by atoms with E-state index in [1.54, 1.807) is 0 Å². The van der Waals surface area contributed by atoms with Crippen LogP contribution in [0.2, 0.25) is 0 Å². The Morgan fingerprint density at radius 2 is 1.89 bits per heavy atom. The highest BCUT2D eigenvalue weighted by molar-refractivity contribution is 5.99. The molecular formula is C22H22F5N3O5. The molecule has 1 aromatic carbocycles. The van der Waals surface area contributed by atoms with E-state index in [1.807, 2.05) is 0 Å². The number of esters is 1. The van der Waals surface area contributed by atoms with Gasteiger partial charge in [-0.15, -0.1) is 0 Å². The number of carbonyl (C=O) groups is 2. The van der Waals surface area contributed by atoms with Crippen LogP contribution in [0.1, 0.15) is 35.8 Å². The van der Waals surface area contributed by atoms with E-state index >= 15 is 0 Å². The Morgan fingerprint density at radius 3 is 2.46 bits per heavy atom. The summed E-state index contributed by atoms with van der Waals surface area (Å²) >= 11 is 0. The summed E-state index contributed by atoms with van der Waals surface area (Å²) < 4.78 is 85.0. The number of methoxy groups -OCH3 is 2. The molecule has 35 heavy (non-hydrogen) atoms. The largest absolute Gasteiger partial charge is 0.493 e. The number of hydrogen-bond donors (Lipinski definition) is 2.